The molecule has 0 unspecified atom stereocenters. The Bertz CT molecular complexity index is 304. The largest absolute Gasteiger partial charge is 0.379 e. The number of hydrazine groups is 1. The molecule has 0 aliphatic carbocycles. The summed E-state index contributed by atoms with van der Waals surface area (Å²) in [5.41, 5.74) is 3.42. The number of hydrogen-bond donors (Lipinski definition) is 1. The molecule has 2 heterocycles. The highest BCUT2D eigenvalue weighted by Crippen LogP contribution is 2.26. The maximum Gasteiger partial charge on any atom is 0.0608 e. The molecule has 1 aromatic heterocycles. The smallest absolute Gasteiger partial charge is 0.0608 e. The summed E-state index contributed by atoms with van der Waals surface area (Å²) in [6, 6.07) is 2.19. The summed E-state index contributed by atoms with van der Waals surface area (Å²) >= 11 is 5.37. The molecule has 1 aromatic rings. The Morgan fingerprint density at radius 3 is 2.87 bits per heavy atom. The molecule has 0 aromatic carbocycles. The highest BCUT2D eigenvalue weighted by Gasteiger charge is 2.10. The van der Waals surface area contributed by atoms with Crippen molar-refractivity contribution in [2.75, 3.05) is 26.3 Å². The molecule has 0 saturated carbocycles. The number of rotatable bonds is 3. The number of aryl methyl sites for hydroxylation is 1. The van der Waals surface area contributed by atoms with Gasteiger partial charge in [-0.1, -0.05) is 0 Å². The predicted octanol–water partition coefficient (Wildman–Crippen LogP) is 2.16. The van der Waals surface area contributed by atoms with Crippen LogP contribution in [0.5, 0.6) is 0 Å². The van der Waals surface area contributed by atoms with E-state index < -0.39 is 0 Å². The van der Waals surface area contributed by atoms with Gasteiger partial charge in [0.2, 0.25) is 0 Å². The summed E-state index contributed by atoms with van der Waals surface area (Å²) in [4.78, 5) is 2.71. The Morgan fingerprint density at radius 1 is 1.53 bits per heavy atom. The summed E-state index contributed by atoms with van der Waals surface area (Å²) in [5, 5.41) is 2.23. The Morgan fingerprint density at radius 2 is 2.27 bits per heavy atom. The van der Waals surface area contributed by atoms with E-state index in [1.54, 1.807) is 0 Å². The highest BCUT2D eigenvalue weighted by atomic mass is 79.9. The van der Waals surface area contributed by atoms with Crippen molar-refractivity contribution in [2.45, 2.75) is 13.5 Å². The Balaban J connectivity index is 1.81. The molecule has 1 fully saturated rings. The number of morpholine rings is 1. The molecule has 84 valence electrons. The molecule has 0 atom stereocenters. The fraction of sp³-hybridized carbons (Fsp3) is 0.600. The van der Waals surface area contributed by atoms with E-state index in [-0.39, 0.29) is 0 Å². The normalized spacial score (nSPS) is 18.3. The topological polar surface area (TPSA) is 24.5 Å². The van der Waals surface area contributed by atoms with Crippen molar-refractivity contribution in [3.8, 4) is 0 Å². The first-order chi connectivity index (χ1) is 7.25. The summed E-state index contributed by atoms with van der Waals surface area (Å²) < 4.78 is 6.50. The molecule has 1 saturated heterocycles. The lowest BCUT2D eigenvalue weighted by Crippen LogP contribution is -2.45. The van der Waals surface area contributed by atoms with Gasteiger partial charge in [-0.2, -0.15) is 0 Å². The van der Waals surface area contributed by atoms with E-state index >= 15 is 0 Å². The Kier molecular flexibility index (Phi) is 4.16. The zero-order valence-electron chi connectivity index (χ0n) is 8.75. The second-order valence-corrected chi connectivity index (χ2v) is 5.75. The van der Waals surface area contributed by atoms with Crippen molar-refractivity contribution < 1.29 is 4.74 Å². The minimum absolute atomic E-state index is 0.833. The number of ether oxygens (including phenoxy) is 1. The van der Waals surface area contributed by atoms with Gasteiger partial charge in [-0.25, -0.2) is 10.4 Å². The lowest BCUT2D eigenvalue weighted by molar-refractivity contribution is 0.0107. The minimum atomic E-state index is 0.833. The fourth-order valence-electron chi connectivity index (χ4n) is 1.52. The first kappa shape index (κ1) is 11.5. The first-order valence-corrected chi connectivity index (χ1v) is 6.67. The highest BCUT2D eigenvalue weighted by molar-refractivity contribution is 9.10. The van der Waals surface area contributed by atoms with Gasteiger partial charge in [0.05, 0.1) is 13.2 Å². The number of hydrogen-bond acceptors (Lipinski definition) is 4. The SMILES string of the molecule is Cc1sc(CNN2CCOCC2)cc1Br. The third kappa shape index (κ3) is 3.26. The van der Waals surface area contributed by atoms with Crippen LogP contribution in [0.2, 0.25) is 0 Å². The van der Waals surface area contributed by atoms with Crippen molar-refractivity contribution >= 4 is 27.3 Å². The van der Waals surface area contributed by atoms with E-state index in [0.717, 1.165) is 32.8 Å². The van der Waals surface area contributed by atoms with Crippen LogP contribution in [0.25, 0.3) is 0 Å². The predicted molar refractivity (Wildman–Crippen MR) is 66.0 cm³/mol. The molecule has 3 nitrogen and oxygen atoms in total. The van der Waals surface area contributed by atoms with Crippen LogP contribution < -0.4 is 5.43 Å². The van der Waals surface area contributed by atoms with Crippen molar-refractivity contribution in [1.29, 1.82) is 0 Å². The molecule has 0 bridgehead atoms. The molecule has 1 aliphatic heterocycles. The monoisotopic (exact) mass is 290 g/mol. The summed E-state index contributed by atoms with van der Waals surface area (Å²) in [7, 11) is 0. The van der Waals surface area contributed by atoms with E-state index in [9.17, 15) is 0 Å². The van der Waals surface area contributed by atoms with E-state index in [2.05, 4.69) is 39.4 Å². The lowest BCUT2D eigenvalue weighted by Gasteiger charge is -2.26. The maximum absolute atomic E-state index is 5.29. The number of nitrogens with one attached hydrogen (secondary N) is 1. The fourth-order valence-corrected chi connectivity index (χ4v) is 3.05. The van der Waals surface area contributed by atoms with E-state index in [1.807, 2.05) is 11.3 Å². The third-order valence-corrected chi connectivity index (χ3v) is 4.53. The zero-order chi connectivity index (χ0) is 10.7. The Labute approximate surface area is 103 Å². The molecule has 0 spiro atoms. The van der Waals surface area contributed by atoms with Crippen LogP contribution >= 0.6 is 27.3 Å². The van der Waals surface area contributed by atoms with Crippen LogP contribution in [-0.4, -0.2) is 31.3 Å². The van der Waals surface area contributed by atoms with Gasteiger partial charge in [-0.3, -0.25) is 0 Å². The summed E-state index contributed by atoms with van der Waals surface area (Å²) in [6.07, 6.45) is 0. The van der Waals surface area contributed by atoms with Crippen LogP contribution in [-0.2, 0) is 11.3 Å². The van der Waals surface area contributed by atoms with Crippen LogP contribution in [0.3, 0.4) is 0 Å². The number of thiophene rings is 1. The molecule has 1 aliphatic rings. The molecule has 0 radical (unpaired) electrons. The van der Waals surface area contributed by atoms with Crippen LogP contribution in [0.15, 0.2) is 10.5 Å². The van der Waals surface area contributed by atoms with Crippen LogP contribution in [0.1, 0.15) is 9.75 Å². The van der Waals surface area contributed by atoms with Crippen molar-refractivity contribution in [1.82, 2.24) is 10.4 Å². The van der Waals surface area contributed by atoms with Gasteiger partial charge in [0.1, 0.15) is 0 Å². The van der Waals surface area contributed by atoms with Gasteiger partial charge >= 0.3 is 0 Å². The van der Waals surface area contributed by atoms with E-state index in [4.69, 9.17) is 4.74 Å². The molecule has 2 rings (SSSR count). The average molecular weight is 291 g/mol. The van der Waals surface area contributed by atoms with E-state index in [1.165, 1.54) is 14.2 Å². The second kappa shape index (κ2) is 5.41. The maximum atomic E-state index is 5.29. The van der Waals surface area contributed by atoms with Crippen molar-refractivity contribution in [2.24, 2.45) is 0 Å². The van der Waals surface area contributed by atoms with Gasteiger partial charge in [0.15, 0.2) is 0 Å². The molecular formula is C10H15BrN2OS. The van der Waals surface area contributed by atoms with Gasteiger partial charge in [0.25, 0.3) is 0 Å². The standard InChI is InChI=1S/C10H15BrN2OS/c1-8-10(11)6-9(15-8)7-12-13-2-4-14-5-3-13/h6,12H,2-5,7H2,1H3. The molecule has 0 amide bonds. The Hall–Kier alpha value is 0.0600. The molecule has 1 N–H and O–H groups in total. The van der Waals surface area contributed by atoms with Crippen LogP contribution in [0.4, 0.5) is 0 Å². The third-order valence-electron chi connectivity index (χ3n) is 2.40. The second-order valence-electron chi connectivity index (χ2n) is 3.55. The quantitative estimate of drug-likeness (QED) is 0.923. The number of halogens is 1. The van der Waals surface area contributed by atoms with Crippen molar-refractivity contribution in [3.63, 3.8) is 0 Å². The minimum Gasteiger partial charge on any atom is -0.379 e. The van der Waals surface area contributed by atoms with Gasteiger partial charge in [-0.15, -0.1) is 11.3 Å². The number of nitrogens with zero attached hydrogens (tertiary/aromatic N) is 1. The van der Waals surface area contributed by atoms with Gasteiger partial charge in [-0.05, 0) is 28.9 Å². The summed E-state index contributed by atoms with van der Waals surface area (Å²) in [5.74, 6) is 0. The van der Waals surface area contributed by atoms with Crippen molar-refractivity contribution in [3.05, 3.63) is 20.3 Å². The van der Waals surface area contributed by atoms with Crippen LogP contribution in [0, 0.1) is 6.92 Å². The zero-order valence-corrected chi connectivity index (χ0v) is 11.2. The molecular weight excluding hydrogens is 276 g/mol. The van der Waals surface area contributed by atoms with Gasteiger partial charge in [0, 0.05) is 33.9 Å². The summed E-state index contributed by atoms with van der Waals surface area (Å²) in [6.45, 7) is 6.67. The van der Waals surface area contributed by atoms with Gasteiger partial charge < -0.3 is 4.74 Å². The lowest BCUT2D eigenvalue weighted by atomic mass is 10.4. The molecule has 5 heteroatoms. The molecule has 15 heavy (non-hydrogen) atoms. The van der Waals surface area contributed by atoms with E-state index in [0.29, 0.717) is 0 Å². The average Bonchev–Trinajstić information content (AvgIpc) is 2.57. The first-order valence-electron chi connectivity index (χ1n) is 5.07.